The first-order chi connectivity index (χ1) is 9.76. The molecule has 20 heavy (non-hydrogen) atoms. The predicted octanol–water partition coefficient (Wildman–Crippen LogP) is 1.78. The molecule has 0 radical (unpaired) electrons. The standard InChI is InChI=1S/C15H22N2O3/c1-18-13-5-3-9(7-14(13)19-2)15(17-16)11-8-10-4-6-12(11)20-10/h3,5,7,10-12,15,17H,4,6,8,16H2,1-2H3. The lowest BCUT2D eigenvalue weighted by molar-refractivity contribution is 0.0856. The summed E-state index contributed by atoms with van der Waals surface area (Å²) < 4.78 is 16.6. The molecular formula is C15H22N2O3. The van der Waals surface area contributed by atoms with Gasteiger partial charge in [0.15, 0.2) is 11.5 Å². The number of hydrogen-bond acceptors (Lipinski definition) is 5. The predicted molar refractivity (Wildman–Crippen MR) is 75.6 cm³/mol. The number of ether oxygens (including phenoxy) is 3. The zero-order chi connectivity index (χ0) is 14.1. The molecule has 0 aromatic heterocycles. The Labute approximate surface area is 119 Å². The Kier molecular flexibility index (Phi) is 3.83. The second kappa shape index (κ2) is 5.60. The molecule has 0 amide bonds. The van der Waals surface area contributed by atoms with Crippen molar-refractivity contribution in [2.45, 2.75) is 37.5 Å². The Bertz CT molecular complexity index is 480. The molecule has 5 nitrogen and oxygen atoms in total. The van der Waals surface area contributed by atoms with E-state index in [4.69, 9.17) is 20.1 Å². The van der Waals surface area contributed by atoms with Gasteiger partial charge in [0.05, 0.1) is 32.5 Å². The molecular weight excluding hydrogens is 256 g/mol. The van der Waals surface area contributed by atoms with Crippen molar-refractivity contribution in [2.24, 2.45) is 11.8 Å². The van der Waals surface area contributed by atoms with Crippen LogP contribution < -0.4 is 20.7 Å². The first kappa shape index (κ1) is 13.7. The summed E-state index contributed by atoms with van der Waals surface area (Å²) in [6, 6.07) is 6.05. The third-order valence-corrected chi connectivity index (χ3v) is 4.53. The number of fused-ring (bicyclic) bond motifs is 2. The van der Waals surface area contributed by atoms with Gasteiger partial charge in [0.2, 0.25) is 0 Å². The number of nitrogens with two attached hydrogens (primary N) is 1. The SMILES string of the molecule is COc1ccc(C(NN)C2CC3CCC2O3)cc1OC. The van der Waals surface area contributed by atoms with Crippen molar-refractivity contribution in [1.82, 2.24) is 5.43 Å². The summed E-state index contributed by atoms with van der Waals surface area (Å²) in [5.41, 5.74) is 4.07. The van der Waals surface area contributed by atoms with Crippen LogP contribution in [-0.2, 0) is 4.74 Å². The second-order valence-corrected chi connectivity index (χ2v) is 5.53. The lowest BCUT2D eigenvalue weighted by Crippen LogP contribution is -2.37. The van der Waals surface area contributed by atoms with Gasteiger partial charge >= 0.3 is 0 Å². The fourth-order valence-corrected chi connectivity index (χ4v) is 3.54. The van der Waals surface area contributed by atoms with E-state index in [1.165, 1.54) is 6.42 Å². The van der Waals surface area contributed by atoms with Gasteiger partial charge in [0, 0.05) is 5.92 Å². The van der Waals surface area contributed by atoms with E-state index < -0.39 is 0 Å². The molecule has 0 aliphatic carbocycles. The number of nitrogens with one attached hydrogen (secondary N) is 1. The fraction of sp³-hybridized carbons (Fsp3) is 0.600. The molecule has 5 heteroatoms. The number of rotatable bonds is 5. The molecule has 4 atom stereocenters. The van der Waals surface area contributed by atoms with Gasteiger partial charge in [-0.15, -0.1) is 0 Å². The van der Waals surface area contributed by atoms with Gasteiger partial charge < -0.3 is 14.2 Å². The third-order valence-electron chi connectivity index (χ3n) is 4.53. The smallest absolute Gasteiger partial charge is 0.161 e. The molecule has 3 rings (SSSR count). The highest BCUT2D eigenvalue weighted by Crippen LogP contribution is 2.45. The van der Waals surface area contributed by atoms with Crippen LogP contribution in [0.5, 0.6) is 11.5 Å². The maximum Gasteiger partial charge on any atom is 0.161 e. The van der Waals surface area contributed by atoms with Crippen LogP contribution in [-0.4, -0.2) is 26.4 Å². The van der Waals surface area contributed by atoms with Crippen LogP contribution in [0.2, 0.25) is 0 Å². The van der Waals surface area contributed by atoms with E-state index in [1.54, 1.807) is 14.2 Å². The van der Waals surface area contributed by atoms with Crippen LogP contribution in [0.3, 0.4) is 0 Å². The Morgan fingerprint density at radius 2 is 2.05 bits per heavy atom. The normalized spacial score (nSPS) is 29.4. The van der Waals surface area contributed by atoms with Gasteiger partial charge in [-0.05, 0) is 37.0 Å². The molecule has 1 aromatic rings. The number of methoxy groups -OCH3 is 2. The molecule has 2 bridgehead atoms. The summed E-state index contributed by atoms with van der Waals surface area (Å²) in [6.07, 6.45) is 4.15. The summed E-state index contributed by atoms with van der Waals surface area (Å²) in [5, 5.41) is 0. The molecule has 2 aliphatic heterocycles. The van der Waals surface area contributed by atoms with Crippen LogP contribution in [0.1, 0.15) is 30.9 Å². The molecule has 2 fully saturated rings. The van der Waals surface area contributed by atoms with Gasteiger partial charge in [-0.3, -0.25) is 11.3 Å². The van der Waals surface area contributed by atoms with Gasteiger partial charge in [0.1, 0.15) is 0 Å². The molecule has 2 heterocycles. The average Bonchev–Trinajstić information content (AvgIpc) is 3.11. The molecule has 0 saturated carbocycles. The van der Waals surface area contributed by atoms with E-state index in [0.717, 1.165) is 29.9 Å². The van der Waals surface area contributed by atoms with Crippen LogP contribution in [0.4, 0.5) is 0 Å². The summed E-state index contributed by atoms with van der Waals surface area (Å²) in [5.74, 6) is 7.69. The summed E-state index contributed by atoms with van der Waals surface area (Å²) >= 11 is 0. The van der Waals surface area contributed by atoms with Gasteiger partial charge in [-0.2, -0.15) is 0 Å². The second-order valence-electron chi connectivity index (χ2n) is 5.53. The zero-order valence-corrected chi connectivity index (χ0v) is 12.0. The largest absolute Gasteiger partial charge is 0.493 e. The minimum atomic E-state index is 0.0881. The third kappa shape index (κ3) is 2.26. The van der Waals surface area contributed by atoms with Crippen molar-refractivity contribution < 1.29 is 14.2 Å². The van der Waals surface area contributed by atoms with Crippen molar-refractivity contribution in [2.75, 3.05) is 14.2 Å². The minimum absolute atomic E-state index is 0.0881. The molecule has 2 saturated heterocycles. The highest BCUT2D eigenvalue weighted by Gasteiger charge is 2.44. The Morgan fingerprint density at radius 1 is 1.25 bits per heavy atom. The molecule has 0 spiro atoms. The molecule has 110 valence electrons. The van der Waals surface area contributed by atoms with Gasteiger partial charge in [0.25, 0.3) is 0 Å². The monoisotopic (exact) mass is 278 g/mol. The number of hydrogen-bond donors (Lipinski definition) is 2. The summed E-state index contributed by atoms with van der Waals surface area (Å²) in [4.78, 5) is 0. The van der Waals surface area contributed by atoms with E-state index >= 15 is 0 Å². The Balaban J connectivity index is 1.86. The Hall–Kier alpha value is -1.30. The maximum absolute atomic E-state index is 5.94. The number of hydrazine groups is 1. The van der Waals surface area contributed by atoms with Gasteiger partial charge in [-0.25, -0.2) is 0 Å². The van der Waals surface area contributed by atoms with E-state index in [-0.39, 0.29) is 6.04 Å². The summed E-state index contributed by atoms with van der Waals surface area (Å²) in [6.45, 7) is 0. The maximum atomic E-state index is 5.94. The molecule has 4 unspecified atom stereocenters. The lowest BCUT2D eigenvalue weighted by atomic mass is 9.81. The molecule has 1 aromatic carbocycles. The highest BCUT2D eigenvalue weighted by molar-refractivity contribution is 5.44. The first-order valence-electron chi connectivity index (χ1n) is 7.10. The number of benzene rings is 1. The van der Waals surface area contributed by atoms with Gasteiger partial charge in [-0.1, -0.05) is 6.07 Å². The van der Waals surface area contributed by atoms with Crippen LogP contribution in [0.25, 0.3) is 0 Å². The van der Waals surface area contributed by atoms with Crippen LogP contribution in [0.15, 0.2) is 18.2 Å². The lowest BCUT2D eigenvalue weighted by Gasteiger charge is -2.28. The fourth-order valence-electron chi connectivity index (χ4n) is 3.54. The topological polar surface area (TPSA) is 65.7 Å². The highest BCUT2D eigenvalue weighted by atomic mass is 16.5. The van der Waals surface area contributed by atoms with E-state index in [1.807, 2.05) is 18.2 Å². The molecule has 2 aliphatic rings. The quantitative estimate of drug-likeness (QED) is 0.635. The van der Waals surface area contributed by atoms with E-state index in [2.05, 4.69) is 5.43 Å². The van der Waals surface area contributed by atoms with Crippen molar-refractivity contribution in [3.05, 3.63) is 23.8 Å². The average molecular weight is 278 g/mol. The summed E-state index contributed by atoms with van der Waals surface area (Å²) in [7, 11) is 3.28. The van der Waals surface area contributed by atoms with Crippen LogP contribution in [0, 0.1) is 5.92 Å². The minimum Gasteiger partial charge on any atom is -0.493 e. The van der Waals surface area contributed by atoms with E-state index in [0.29, 0.717) is 18.1 Å². The van der Waals surface area contributed by atoms with E-state index in [9.17, 15) is 0 Å². The molecule has 3 N–H and O–H groups in total. The van der Waals surface area contributed by atoms with Crippen molar-refractivity contribution in [3.63, 3.8) is 0 Å². The Morgan fingerprint density at radius 3 is 2.60 bits per heavy atom. The van der Waals surface area contributed by atoms with Crippen LogP contribution >= 0.6 is 0 Å². The first-order valence-corrected chi connectivity index (χ1v) is 7.10. The zero-order valence-electron chi connectivity index (χ0n) is 12.0. The van der Waals surface area contributed by atoms with Crippen molar-refractivity contribution in [1.29, 1.82) is 0 Å². The van der Waals surface area contributed by atoms with Crippen molar-refractivity contribution >= 4 is 0 Å². The van der Waals surface area contributed by atoms with Crippen molar-refractivity contribution in [3.8, 4) is 11.5 Å².